The van der Waals surface area contributed by atoms with Crippen molar-refractivity contribution in [3.05, 3.63) is 29.8 Å². The number of ether oxygens (including phenoxy) is 1. The monoisotopic (exact) mass is 249 g/mol. The van der Waals surface area contributed by atoms with Gasteiger partial charge in [0.05, 0.1) is 12.0 Å². The predicted molar refractivity (Wildman–Crippen MR) is 68.6 cm³/mol. The Kier molecular flexibility index (Phi) is 3.87. The van der Waals surface area contributed by atoms with Crippen LogP contribution in [0, 0.1) is 5.92 Å². The van der Waals surface area contributed by atoms with Crippen LogP contribution < -0.4 is 4.74 Å². The van der Waals surface area contributed by atoms with Gasteiger partial charge in [-0.15, -0.1) is 0 Å². The molecule has 0 radical (unpaired) electrons. The minimum Gasteiger partial charge on any atom is -0.491 e. The van der Waals surface area contributed by atoms with E-state index in [0.29, 0.717) is 13.1 Å². The third-order valence-electron chi connectivity index (χ3n) is 2.98. The van der Waals surface area contributed by atoms with E-state index in [4.69, 9.17) is 9.84 Å². The molecule has 1 aromatic rings. The summed E-state index contributed by atoms with van der Waals surface area (Å²) in [5.41, 5.74) is 1.16. The Morgan fingerprint density at radius 3 is 2.83 bits per heavy atom. The molecule has 0 spiro atoms. The number of carbonyl (C=O) groups is 1. The van der Waals surface area contributed by atoms with E-state index in [2.05, 4.69) is 4.90 Å². The second kappa shape index (κ2) is 5.40. The van der Waals surface area contributed by atoms with Gasteiger partial charge in [-0.2, -0.15) is 0 Å². The predicted octanol–water partition coefficient (Wildman–Crippen LogP) is 1.99. The minimum absolute atomic E-state index is 0.167. The molecule has 1 aromatic carbocycles. The molecule has 4 heteroatoms. The van der Waals surface area contributed by atoms with E-state index in [0.717, 1.165) is 17.9 Å². The fourth-order valence-electron chi connectivity index (χ4n) is 2.10. The first-order valence-corrected chi connectivity index (χ1v) is 6.25. The maximum atomic E-state index is 10.7. The van der Waals surface area contributed by atoms with Crippen molar-refractivity contribution in [3.8, 4) is 5.75 Å². The number of hydrogen-bond donors (Lipinski definition) is 1. The van der Waals surface area contributed by atoms with E-state index in [-0.39, 0.29) is 12.0 Å². The fourth-order valence-corrected chi connectivity index (χ4v) is 2.10. The highest BCUT2D eigenvalue weighted by Crippen LogP contribution is 2.21. The summed E-state index contributed by atoms with van der Waals surface area (Å²) in [4.78, 5) is 12.8. The average Bonchev–Trinajstić information content (AvgIpc) is 2.21. The highest BCUT2D eigenvalue weighted by atomic mass is 16.5. The molecule has 1 aliphatic rings. The summed E-state index contributed by atoms with van der Waals surface area (Å²) in [7, 11) is 0. The van der Waals surface area contributed by atoms with Crippen molar-refractivity contribution in [1.29, 1.82) is 0 Å². The number of benzene rings is 1. The lowest BCUT2D eigenvalue weighted by molar-refractivity contribution is -0.147. The Balaban J connectivity index is 1.89. The lowest BCUT2D eigenvalue weighted by Crippen LogP contribution is -2.49. The van der Waals surface area contributed by atoms with Gasteiger partial charge in [0.15, 0.2) is 0 Å². The summed E-state index contributed by atoms with van der Waals surface area (Å²) in [6.45, 7) is 6.08. The second-order valence-electron chi connectivity index (χ2n) is 5.04. The number of likely N-dealkylation sites (tertiary alicyclic amines) is 1. The Labute approximate surface area is 107 Å². The van der Waals surface area contributed by atoms with Crippen LogP contribution in [0.5, 0.6) is 5.75 Å². The van der Waals surface area contributed by atoms with Gasteiger partial charge in [-0.05, 0) is 31.5 Å². The third kappa shape index (κ3) is 3.23. The largest absolute Gasteiger partial charge is 0.491 e. The quantitative estimate of drug-likeness (QED) is 0.867. The van der Waals surface area contributed by atoms with Crippen molar-refractivity contribution in [2.24, 2.45) is 5.92 Å². The Bertz CT molecular complexity index is 425. The Morgan fingerprint density at radius 2 is 2.22 bits per heavy atom. The number of aliphatic carboxylic acids is 1. The summed E-state index contributed by atoms with van der Waals surface area (Å²) in [6.07, 6.45) is 0.167. The zero-order valence-electron chi connectivity index (χ0n) is 10.8. The molecule has 98 valence electrons. The van der Waals surface area contributed by atoms with Crippen LogP contribution in [0.25, 0.3) is 0 Å². The molecule has 18 heavy (non-hydrogen) atoms. The summed E-state index contributed by atoms with van der Waals surface area (Å²) in [6, 6.07) is 7.98. The normalized spacial score (nSPS) is 16.6. The van der Waals surface area contributed by atoms with Crippen LogP contribution in [0.4, 0.5) is 0 Å². The molecule has 0 saturated carbocycles. The first-order valence-electron chi connectivity index (χ1n) is 6.25. The molecule has 1 heterocycles. The van der Waals surface area contributed by atoms with Gasteiger partial charge >= 0.3 is 5.97 Å². The van der Waals surface area contributed by atoms with Gasteiger partial charge in [0.1, 0.15) is 5.75 Å². The Hall–Kier alpha value is -1.55. The maximum absolute atomic E-state index is 10.7. The molecule has 0 unspecified atom stereocenters. The van der Waals surface area contributed by atoms with Crippen molar-refractivity contribution in [2.75, 3.05) is 13.1 Å². The number of carboxylic acids is 1. The smallest absolute Gasteiger partial charge is 0.309 e. The minimum atomic E-state index is -0.692. The molecule has 2 rings (SSSR count). The van der Waals surface area contributed by atoms with Crippen LogP contribution in [0.3, 0.4) is 0 Å². The topological polar surface area (TPSA) is 49.8 Å². The van der Waals surface area contributed by atoms with Gasteiger partial charge in [-0.25, -0.2) is 0 Å². The van der Waals surface area contributed by atoms with Crippen molar-refractivity contribution >= 4 is 5.97 Å². The molecule has 1 fully saturated rings. The number of carboxylic acid groups (broad SMARTS) is 1. The third-order valence-corrected chi connectivity index (χ3v) is 2.98. The number of nitrogens with zero attached hydrogens (tertiary/aromatic N) is 1. The van der Waals surface area contributed by atoms with Crippen molar-refractivity contribution in [1.82, 2.24) is 4.90 Å². The lowest BCUT2D eigenvalue weighted by atomic mass is 9.99. The highest BCUT2D eigenvalue weighted by Gasteiger charge is 2.32. The molecule has 0 aliphatic carbocycles. The van der Waals surface area contributed by atoms with Crippen LogP contribution in [0.1, 0.15) is 19.4 Å². The van der Waals surface area contributed by atoms with Gasteiger partial charge in [-0.3, -0.25) is 9.69 Å². The molecule has 0 aromatic heterocycles. The molecule has 0 bridgehead atoms. The van der Waals surface area contributed by atoms with Crippen LogP contribution >= 0.6 is 0 Å². The van der Waals surface area contributed by atoms with Crippen molar-refractivity contribution in [3.63, 3.8) is 0 Å². The van der Waals surface area contributed by atoms with E-state index in [1.807, 2.05) is 38.1 Å². The van der Waals surface area contributed by atoms with Gasteiger partial charge in [0.2, 0.25) is 0 Å². The Morgan fingerprint density at radius 1 is 1.50 bits per heavy atom. The highest BCUT2D eigenvalue weighted by molar-refractivity contribution is 5.71. The lowest BCUT2D eigenvalue weighted by Gasteiger charge is -2.36. The molecule has 1 aliphatic heterocycles. The van der Waals surface area contributed by atoms with Gasteiger partial charge in [0.25, 0.3) is 0 Å². The van der Waals surface area contributed by atoms with Crippen LogP contribution in [0.2, 0.25) is 0 Å². The van der Waals surface area contributed by atoms with Crippen LogP contribution in [0.15, 0.2) is 24.3 Å². The van der Waals surface area contributed by atoms with Crippen LogP contribution in [-0.4, -0.2) is 35.2 Å². The zero-order valence-corrected chi connectivity index (χ0v) is 10.8. The summed E-state index contributed by atoms with van der Waals surface area (Å²) in [5, 5.41) is 8.81. The first-order chi connectivity index (χ1) is 8.54. The number of rotatable bonds is 5. The van der Waals surface area contributed by atoms with Gasteiger partial charge in [-0.1, -0.05) is 12.1 Å². The molecule has 1 N–H and O–H groups in total. The van der Waals surface area contributed by atoms with Crippen molar-refractivity contribution < 1.29 is 14.6 Å². The molecular formula is C14H19NO3. The molecule has 1 saturated heterocycles. The standard InChI is InChI=1S/C14H19NO3/c1-10(2)18-13-5-3-4-11(6-13)7-15-8-12(9-15)14(16)17/h3-6,10,12H,7-9H2,1-2H3,(H,16,17). The second-order valence-corrected chi connectivity index (χ2v) is 5.04. The average molecular weight is 249 g/mol. The van der Waals surface area contributed by atoms with Gasteiger partial charge in [0, 0.05) is 19.6 Å². The van der Waals surface area contributed by atoms with E-state index < -0.39 is 5.97 Å². The van der Waals surface area contributed by atoms with E-state index >= 15 is 0 Å². The molecule has 0 amide bonds. The zero-order chi connectivity index (χ0) is 13.1. The molecular weight excluding hydrogens is 230 g/mol. The van der Waals surface area contributed by atoms with Gasteiger partial charge < -0.3 is 9.84 Å². The van der Waals surface area contributed by atoms with E-state index in [9.17, 15) is 4.79 Å². The summed E-state index contributed by atoms with van der Waals surface area (Å²) >= 11 is 0. The number of hydrogen-bond acceptors (Lipinski definition) is 3. The van der Waals surface area contributed by atoms with Crippen LogP contribution in [-0.2, 0) is 11.3 Å². The SMILES string of the molecule is CC(C)Oc1cccc(CN2CC(C(=O)O)C2)c1. The first kappa shape index (κ1) is 12.9. The van der Waals surface area contributed by atoms with Crippen molar-refractivity contribution in [2.45, 2.75) is 26.5 Å². The fraction of sp³-hybridized carbons (Fsp3) is 0.500. The van der Waals surface area contributed by atoms with E-state index in [1.165, 1.54) is 0 Å². The summed E-state index contributed by atoms with van der Waals surface area (Å²) in [5.74, 6) is -0.0129. The molecule has 0 atom stereocenters. The summed E-state index contributed by atoms with van der Waals surface area (Å²) < 4.78 is 5.63. The van der Waals surface area contributed by atoms with E-state index in [1.54, 1.807) is 0 Å². The molecule has 4 nitrogen and oxygen atoms in total. The maximum Gasteiger partial charge on any atom is 0.309 e.